The van der Waals surface area contributed by atoms with E-state index in [1.54, 1.807) is 12.1 Å². The number of methoxy groups -OCH3 is 1. The van der Waals surface area contributed by atoms with Crippen LogP contribution in [0.5, 0.6) is 5.75 Å². The van der Waals surface area contributed by atoms with Gasteiger partial charge in [-0.3, -0.25) is 0 Å². The molecule has 1 aliphatic rings. The molecule has 0 aliphatic carbocycles. The molecule has 1 aliphatic heterocycles. The Morgan fingerprint density at radius 3 is 3.11 bits per heavy atom. The molecule has 1 atom stereocenters. The number of nitrogens with zero attached hydrogens (tertiary/aromatic N) is 2. The second kappa shape index (κ2) is 4.97. The fraction of sp³-hybridized carbons (Fsp3) is 0.385. The van der Waals surface area contributed by atoms with E-state index >= 15 is 0 Å². The average molecular weight is 263 g/mol. The second-order valence-electron chi connectivity index (χ2n) is 4.46. The lowest BCUT2D eigenvalue weighted by atomic mass is 10.2. The standard InChI is InChI=1S/C13H14FN3O2/c1-18-11-7-8(4-5-9(11)14)13-16-12(17-19-13)10-3-2-6-15-10/h4-5,7,10,15H,2-3,6H2,1H3. The number of hydrogen-bond donors (Lipinski definition) is 1. The van der Waals surface area contributed by atoms with Crippen LogP contribution >= 0.6 is 0 Å². The summed E-state index contributed by atoms with van der Waals surface area (Å²) in [6, 6.07) is 4.62. The lowest BCUT2D eigenvalue weighted by molar-refractivity contribution is 0.385. The van der Waals surface area contributed by atoms with Crippen molar-refractivity contribution in [2.45, 2.75) is 18.9 Å². The summed E-state index contributed by atoms with van der Waals surface area (Å²) in [7, 11) is 1.42. The predicted octanol–water partition coefficient (Wildman–Crippen LogP) is 2.31. The minimum atomic E-state index is -0.413. The average Bonchev–Trinajstić information content (AvgIpc) is 3.10. The number of benzene rings is 1. The van der Waals surface area contributed by atoms with E-state index in [2.05, 4.69) is 15.5 Å². The highest BCUT2D eigenvalue weighted by Crippen LogP contribution is 2.27. The zero-order valence-corrected chi connectivity index (χ0v) is 10.5. The highest BCUT2D eigenvalue weighted by molar-refractivity contribution is 5.56. The molecule has 5 nitrogen and oxygen atoms in total. The Labute approximate surface area is 109 Å². The van der Waals surface area contributed by atoms with Crippen molar-refractivity contribution in [3.63, 3.8) is 0 Å². The van der Waals surface area contributed by atoms with Crippen LogP contribution in [0.1, 0.15) is 24.7 Å². The molecule has 0 saturated carbocycles. The van der Waals surface area contributed by atoms with Crippen molar-refractivity contribution < 1.29 is 13.7 Å². The van der Waals surface area contributed by atoms with E-state index in [0.717, 1.165) is 19.4 Å². The molecule has 1 saturated heterocycles. The van der Waals surface area contributed by atoms with Crippen LogP contribution < -0.4 is 10.1 Å². The molecule has 19 heavy (non-hydrogen) atoms. The van der Waals surface area contributed by atoms with E-state index in [1.807, 2.05) is 0 Å². The molecule has 6 heteroatoms. The van der Waals surface area contributed by atoms with Crippen molar-refractivity contribution >= 4 is 0 Å². The Morgan fingerprint density at radius 2 is 2.37 bits per heavy atom. The van der Waals surface area contributed by atoms with Crippen molar-refractivity contribution in [2.24, 2.45) is 0 Å². The Balaban J connectivity index is 1.89. The van der Waals surface area contributed by atoms with Crippen LogP contribution in [-0.2, 0) is 0 Å². The summed E-state index contributed by atoms with van der Waals surface area (Å²) < 4.78 is 23.5. The van der Waals surface area contributed by atoms with Crippen LogP contribution in [0.2, 0.25) is 0 Å². The summed E-state index contributed by atoms with van der Waals surface area (Å²) in [4.78, 5) is 4.35. The van der Waals surface area contributed by atoms with Crippen molar-refractivity contribution in [1.82, 2.24) is 15.5 Å². The number of rotatable bonds is 3. The maximum absolute atomic E-state index is 13.3. The van der Waals surface area contributed by atoms with Crippen LogP contribution in [0.25, 0.3) is 11.5 Å². The second-order valence-corrected chi connectivity index (χ2v) is 4.46. The van der Waals surface area contributed by atoms with Crippen molar-refractivity contribution in [3.8, 4) is 17.2 Å². The van der Waals surface area contributed by atoms with E-state index in [-0.39, 0.29) is 11.8 Å². The van der Waals surface area contributed by atoms with Crippen LogP contribution in [-0.4, -0.2) is 23.8 Å². The molecule has 2 heterocycles. The summed E-state index contributed by atoms with van der Waals surface area (Å²) in [6.07, 6.45) is 2.12. The third-order valence-electron chi connectivity index (χ3n) is 3.21. The van der Waals surface area contributed by atoms with Gasteiger partial charge in [-0.05, 0) is 37.6 Å². The van der Waals surface area contributed by atoms with Gasteiger partial charge in [-0.25, -0.2) is 4.39 Å². The molecular formula is C13H14FN3O2. The molecule has 1 unspecified atom stereocenters. The first-order chi connectivity index (χ1) is 9.28. The van der Waals surface area contributed by atoms with E-state index in [0.29, 0.717) is 17.3 Å². The number of nitrogens with one attached hydrogen (secondary N) is 1. The first-order valence-electron chi connectivity index (χ1n) is 6.19. The van der Waals surface area contributed by atoms with Gasteiger partial charge >= 0.3 is 0 Å². The summed E-state index contributed by atoms with van der Waals surface area (Å²) >= 11 is 0. The van der Waals surface area contributed by atoms with Crippen molar-refractivity contribution in [3.05, 3.63) is 29.8 Å². The van der Waals surface area contributed by atoms with Gasteiger partial charge in [-0.1, -0.05) is 5.16 Å². The smallest absolute Gasteiger partial charge is 0.258 e. The third-order valence-corrected chi connectivity index (χ3v) is 3.21. The normalized spacial score (nSPS) is 18.7. The highest BCUT2D eigenvalue weighted by Gasteiger charge is 2.22. The monoisotopic (exact) mass is 263 g/mol. The lowest BCUT2D eigenvalue weighted by Gasteiger charge is -2.03. The van der Waals surface area contributed by atoms with Crippen LogP contribution in [0.15, 0.2) is 22.7 Å². The van der Waals surface area contributed by atoms with Crippen LogP contribution in [0.3, 0.4) is 0 Å². The van der Waals surface area contributed by atoms with E-state index in [1.165, 1.54) is 13.2 Å². The summed E-state index contributed by atoms with van der Waals surface area (Å²) in [5.41, 5.74) is 0.648. The Morgan fingerprint density at radius 1 is 1.47 bits per heavy atom. The summed E-state index contributed by atoms with van der Waals surface area (Å²) in [6.45, 7) is 0.971. The van der Waals surface area contributed by atoms with Gasteiger partial charge in [-0.15, -0.1) is 0 Å². The fourth-order valence-electron chi connectivity index (χ4n) is 2.19. The minimum Gasteiger partial charge on any atom is -0.494 e. The molecule has 100 valence electrons. The first-order valence-corrected chi connectivity index (χ1v) is 6.19. The molecule has 3 rings (SSSR count). The zero-order valence-electron chi connectivity index (χ0n) is 10.5. The van der Waals surface area contributed by atoms with Crippen LogP contribution in [0, 0.1) is 5.82 Å². The van der Waals surface area contributed by atoms with Gasteiger partial charge in [0.1, 0.15) is 0 Å². The fourth-order valence-corrected chi connectivity index (χ4v) is 2.19. The van der Waals surface area contributed by atoms with Gasteiger partial charge in [0.25, 0.3) is 5.89 Å². The lowest BCUT2D eigenvalue weighted by Crippen LogP contribution is -2.14. The minimum absolute atomic E-state index is 0.153. The SMILES string of the molecule is COc1cc(-c2nc(C3CCCN3)no2)ccc1F. The molecule has 1 N–H and O–H groups in total. The number of aromatic nitrogens is 2. The maximum atomic E-state index is 13.3. The number of halogens is 1. The molecule has 1 aromatic carbocycles. The van der Waals surface area contributed by atoms with Gasteiger partial charge in [0, 0.05) is 5.56 Å². The molecule has 0 radical (unpaired) electrons. The van der Waals surface area contributed by atoms with Gasteiger partial charge in [0.05, 0.1) is 13.2 Å². The first kappa shape index (κ1) is 12.1. The largest absolute Gasteiger partial charge is 0.494 e. The van der Waals surface area contributed by atoms with Gasteiger partial charge in [0.2, 0.25) is 0 Å². The molecule has 2 aromatic rings. The Kier molecular flexibility index (Phi) is 3.16. The van der Waals surface area contributed by atoms with E-state index < -0.39 is 5.82 Å². The Bertz CT molecular complexity index is 579. The highest BCUT2D eigenvalue weighted by atomic mass is 19.1. The number of hydrogen-bond acceptors (Lipinski definition) is 5. The maximum Gasteiger partial charge on any atom is 0.258 e. The molecule has 1 aromatic heterocycles. The van der Waals surface area contributed by atoms with E-state index in [9.17, 15) is 4.39 Å². The van der Waals surface area contributed by atoms with Crippen LogP contribution in [0.4, 0.5) is 4.39 Å². The van der Waals surface area contributed by atoms with E-state index in [4.69, 9.17) is 9.26 Å². The van der Waals surface area contributed by atoms with Gasteiger partial charge in [0.15, 0.2) is 17.4 Å². The topological polar surface area (TPSA) is 60.2 Å². The molecule has 0 amide bonds. The Hall–Kier alpha value is -1.95. The van der Waals surface area contributed by atoms with Gasteiger partial charge < -0.3 is 14.6 Å². The zero-order chi connectivity index (χ0) is 13.2. The third kappa shape index (κ3) is 2.31. The summed E-state index contributed by atoms with van der Waals surface area (Å²) in [5, 5.41) is 7.27. The molecule has 0 bridgehead atoms. The summed E-state index contributed by atoms with van der Waals surface area (Å²) in [5.74, 6) is 0.775. The van der Waals surface area contributed by atoms with Gasteiger partial charge in [-0.2, -0.15) is 4.98 Å². The quantitative estimate of drug-likeness (QED) is 0.920. The van der Waals surface area contributed by atoms with Crippen molar-refractivity contribution in [2.75, 3.05) is 13.7 Å². The predicted molar refractivity (Wildman–Crippen MR) is 66.2 cm³/mol. The molecular weight excluding hydrogens is 249 g/mol. The molecule has 1 fully saturated rings. The van der Waals surface area contributed by atoms with Crippen molar-refractivity contribution in [1.29, 1.82) is 0 Å². The molecule has 0 spiro atoms. The number of ether oxygens (including phenoxy) is 1.